The SMILES string of the molecule is CCC1CCN(CC2CC(C)(C)CCC2O)CC1. The predicted octanol–water partition coefficient (Wildman–Crippen LogP) is 3.30. The van der Waals surface area contributed by atoms with Crippen LogP contribution < -0.4 is 0 Å². The van der Waals surface area contributed by atoms with E-state index in [2.05, 4.69) is 25.7 Å². The maximum atomic E-state index is 10.2. The second-order valence-corrected chi connectivity index (χ2v) is 7.39. The van der Waals surface area contributed by atoms with Gasteiger partial charge in [0.05, 0.1) is 6.10 Å². The monoisotopic (exact) mass is 253 g/mol. The van der Waals surface area contributed by atoms with Crippen molar-refractivity contribution in [2.24, 2.45) is 17.3 Å². The molecule has 1 saturated heterocycles. The summed E-state index contributed by atoms with van der Waals surface area (Å²) in [6.07, 6.45) is 7.40. The minimum atomic E-state index is -0.0538. The van der Waals surface area contributed by atoms with Crippen LogP contribution in [-0.2, 0) is 0 Å². The molecule has 2 aliphatic rings. The van der Waals surface area contributed by atoms with Gasteiger partial charge in [0.25, 0.3) is 0 Å². The maximum Gasteiger partial charge on any atom is 0.0581 e. The molecule has 18 heavy (non-hydrogen) atoms. The third-order valence-electron chi connectivity index (χ3n) is 5.25. The van der Waals surface area contributed by atoms with Gasteiger partial charge < -0.3 is 10.0 Å². The Kier molecular flexibility index (Phi) is 4.71. The standard InChI is InChI=1S/C16H31NO/c1-4-13-6-9-17(10-7-13)12-14-11-16(2,3)8-5-15(14)18/h13-15,18H,4-12H2,1-3H3. The van der Waals surface area contributed by atoms with Crippen LogP contribution in [0, 0.1) is 17.3 Å². The first-order chi connectivity index (χ1) is 8.50. The van der Waals surface area contributed by atoms with Gasteiger partial charge in [-0.05, 0) is 62.4 Å². The van der Waals surface area contributed by atoms with Gasteiger partial charge in [-0.2, -0.15) is 0 Å². The topological polar surface area (TPSA) is 23.5 Å². The summed E-state index contributed by atoms with van der Waals surface area (Å²) in [4.78, 5) is 2.60. The van der Waals surface area contributed by atoms with E-state index in [0.29, 0.717) is 11.3 Å². The van der Waals surface area contributed by atoms with E-state index >= 15 is 0 Å². The normalized spacial score (nSPS) is 34.7. The number of likely N-dealkylation sites (tertiary alicyclic amines) is 1. The smallest absolute Gasteiger partial charge is 0.0581 e. The number of hydrogen-bond donors (Lipinski definition) is 1. The van der Waals surface area contributed by atoms with Gasteiger partial charge in [0.2, 0.25) is 0 Å². The van der Waals surface area contributed by atoms with Crippen LogP contribution in [-0.4, -0.2) is 35.7 Å². The van der Waals surface area contributed by atoms with Gasteiger partial charge in [-0.3, -0.25) is 0 Å². The predicted molar refractivity (Wildman–Crippen MR) is 76.6 cm³/mol. The highest BCUT2D eigenvalue weighted by Crippen LogP contribution is 2.39. The summed E-state index contributed by atoms with van der Waals surface area (Å²) < 4.78 is 0. The summed E-state index contributed by atoms with van der Waals surface area (Å²) >= 11 is 0. The summed E-state index contributed by atoms with van der Waals surface area (Å²) in [7, 11) is 0. The van der Waals surface area contributed by atoms with Gasteiger partial charge in [0.15, 0.2) is 0 Å². The molecule has 1 saturated carbocycles. The number of rotatable bonds is 3. The van der Waals surface area contributed by atoms with Gasteiger partial charge >= 0.3 is 0 Å². The molecule has 1 aliphatic carbocycles. The highest BCUT2D eigenvalue weighted by Gasteiger charge is 2.35. The quantitative estimate of drug-likeness (QED) is 0.834. The molecule has 0 radical (unpaired) electrons. The fourth-order valence-electron chi connectivity index (χ4n) is 3.82. The van der Waals surface area contributed by atoms with Crippen molar-refractivity contribution < 1.29 is 5.11 Å². The van der Waals surface area contributed by atoms with Crippen LogP contribution in [0.5, 0.6) is 0 Å². The van der Waals surface area contributed by atoms with Crippen molar-refractivity contribution in [3.8, 4) is 0 Å². The highest BCUT2D eigenvalue weighted by atomic mass is 16.3. The Balaban J connectivity index is 1.81. The molecular formula is C16H31NO. The Morgan fingerprint density at radius 2 is 1.83 bits per heavy atom. The van der Waals surface area contributed by atoms with E-state index in [1.807, 2.05) is 0 Å². The van der Waals surface area contributed by atoms with Gasteiger partial charge in [0.1, 0.15) is 0 Å². The first-order valence-corrected chi connectivity index (χ1v) is 7.90. The summed E-state index contributed by atoms with van der Waals surface area (Å²) in [5.74, 6) is 1.46. The lowest BCUT2D eigenvalue weighted by atomic mass is 9.70. The molecule has 2 nitrogen and oxygen atoms in total. The number of aliphatic hydroxyl groups excluding tert-OH is 1. The molecule has 106 valence electrons. The van der Waals surface area contributed by atoms with E-state index in [9.17, 15) is 5.11 Å². The van der Waals surface area contributed by atoms with Gasteiger partial charge in [-0.25, -0.2) is 0 Å². The molecule has 0 spiro atoms. The maximum absolute atomic E-state index is 10.2. The molecule has 2 fully saturated rings. The van der Waals surface area contributed by atoms with E-state index in [4.69, 9.17) is 0 Å². The number of hydrogen-bond acceptors (Lipinski definition) is 2. The van der Waals surface area contributed by atoms with E-state index < -0.39 is 0 Å². The average Bonchev–Trinajstić information content (AvgIpc) is 2.35. The number of piperidine rings is 1. The second-order valence-electron chi connectivity index (χ2n) is 7.39. The fraction of sp³-hybridized carbons (Fsp3) is 1.00. The first-order valence-electron chi connectivity index (χ1n) is 7.90. The largest absolute Gasteiger partial charge is 0.393 e. The van der Waals surface area contributed by atoms with Crippen LogP contribution in [0.4, 0.5) is 0 Å². The molecule has 0 aromatic heterocycles. The zero-order valence-corrected chi connectivity index (χ0v) is 12.5. The lowest BCUT2D eigenvalue weighted by Gasteiger charge is -2.42. The molecule has 0 aromatic rings. The van der Waals surface area contributed by atoms with Crippen molar-refractivity contribution in [3.05, 3.63) is 0 Å². The zero-order chi connectivity index (χ0) is 13.2. The number of nitrogens with zero attached hydrogens (tertiary/aromatic N) is 1. The summed E-state index contributed by atoms with van der Waals surface area (Å²) in [5.41, 5.74) is 0.436. The van der Waals surface area contributed by atoms with Crippen molar-refractivity contribution in [1.82, 2.24) is 4.90 Å². The molecule has 2 rings (SSSR count). The Labute approximate surface area is 113 Å². The van der Waals surface area contributed by atoms with E-state index in [1.54, 1.807) is 0 Å². The third kappa shape index (κ3) is 3.71. The molecule has 0 amide bonds. The molecule has 1 heterocycles. The summed E-state index contributed by atoms with van der Waals surface area (Å²) in [6.45, 7) is 10.7. The fourth-order valence-corrected chi connectivity index (χ4v) is 3.82. The molecule has 2 unspecified atom stereocenters. The molecule has 0 aromatic carbocycles. The average molecular weight is 253 g/mol. The van der Waals surface area contributed by atoms with Crippen molar-refractivity contribution in [1.29, 1.82) is 0 Å². The Hall–Kier alpha value is -0.0800. The zero-order valence-electron chi connectivity index (χ0n) is 12.5. The van der Waals surface area contributed by atoms with Crippen molar-refractivity contribution in [3.63, 3.8) is 0 Å². The van der Waals surface area contributed by atoms with Crippen LogP contribution in [0.25, 0.3) is 0 Å². The van der Waals surface area contributed by atoms with Gasteiger partial charge in [-0.1, -0.05) is 27.2 Å². The van der Waals surface area contributed by atoms with Crippen molar-refractivity contribution in [2.45, 2.75) is 65.4 Å². The van der Waals surface area contributed by atoms with E-state index in [0.717, 1.165) is 18.9 Å². The van der Waals surface area contributed by atoms with Crippen LogP contribution in [0.1, 0.15) is 59.3 Å². The van der Waals surface area contributed by atoms with Crippen molar-refractivity contribution >= 4 is 0 Å². The van der Waals surface area contributed by atoms with Crippen LogP contribution in [0.2, 0.25) is 0 Å². The van der Waals surface area contributed by atoms with Gasteiger partial charge in [-0.15, -0.1) is 0 Å². The summed E-state index contributed by atoms with van der Waals surface area (Å²) in [5, 5.41) is 10.2. The van der Waals surface area contributed by atoms with Crippen molar-refractivity contribution in [2.75, 3.05) is 19.6 Å². The molecule has 2 atom stereocenters. The van der Waals surface area contributed by atoms with Crippen LogP contribution in [0.3, 0.4) is 0 Å². The Morgan fingerprint density at radius 3 is 2.44 bits per heavy atom. The molecule has 1 N–H and O–H groups in total. The highest BCUT2D eigenvalue weighted by molar-refractivity contribution is 4.87. The molecule has 2 heteroatoms. The third-order valence-corrected chi connectivity index (χ3v) is 5.25. The lowest BCUT2D eigenvalue weighted by Crippen LogP contribution is -2.43. The lowest BCUT2D eigenvalue weighted by molar-refractivity contribution is -0.000767. The minimum Gasteiger partial charge on any atom is -0.393 e. The van der Waals surface area contributed by atoms with Crippen LogP contribution >= 0.6 is 0 Å². The Bertz CT molecular complexity index is 256. The second kappa shape index (κ2) is 5.92. The minimum absolute atomic E-state index is 0.0538. The molecular weight excluding hydrogens is 222 g/mol. The summed E-state index contributed by atoms with van der Waals surface area (Å²) in [6, 6.07) is 0. The molecule has 0 bridgehead atoms. The van der Waals surface area contributed by atoms with Gasteiger partial charge in [0, 0.05) is 6.54 Å². The number of aliphatic hydroxyl groups is 1. The first kappa shape index (κ1) is 14.3. The Morgan fingerprint density at radius 1 is 1.17 bits per heavy atom. The molecule has 1 aliphatic heterocycles. The van der Waals surface area contributed by atoms with E-state index in [1.165, 1.54) is 45.2 Å². The van der Waals surface area contributed by atoms with Crippen LogP contribution in [0.15, 0.2) is 0 Å². The van der Waals surface area contributed by atoms with E-state index in [-0.39, 0.29) is 6.10 Å².